The lowest BCUT2D eigenvalue weighted by atomic mass is 10.2. The van der Waals surface area contributed by atoms with Crippen molar-refractivity contribution in [2.24, 2.45) is 0 Å². The molecule has 0 heterocycles. The summed E-state index contributed by atoms with van der Waals surface area (Å²) in [5.41, 5.74) is 1.65. The molecule has 0 atom stereocenters. The number of anilines is 1. The van der Waals surface area contributed by atoms with Crippen molar-refractivity contribution < 1.29 is 14.3 Å². The molecule has 0 saturated heterocycles. The lowest BCUT2D eigenvalue weighted by Gasteiger charge is -2.23. The molecule has 1 N–H and O–H groups in total. The summed E-state index contributed by atoms with van der Waals surface area (Å²) in [5, 5.41) is 2.88. The van der Waals surface area contributed by atoms with Crippen molar-refractivity contribution in [3.05, 3.63) is 63.0 Å². The van der Waals surface area contributed by atoms with Crippen LogP contribution in [-0.2, 0) is 16.1 Å². The van der Waals surface area contributed by atoms with Gasteiger partial charge >= 0.3 is 12.0 Å². The van der Waals surface area contributed by atoms with E-state index in [0.29, 0.717) is 18.8 Å². The van der Waals surface area contributed by atoms with Crippen LogP contribution in [0.15, 0.2) is 57.5 Å². The molecule has 0 bridgehead atoms. The Balaban J connectivity index is 2.10. The van der Waals surface area contributed by atoms with Crippen LogP contribution in [-0.4, -0.2) is 30.1 Å². The van der Waals surface area contributed by atoms with Crippen LogP contribution in [0.2, 0.25) is 0 Å². The Kier molecular flexibility index (Phi) is 8.12. The summed E-state index contributed by atoms with van der Waals surface area (Å²) >= 11 is 6.82. The highest BCUT2D eigenvalue weighted by atomic mass is 79.9. The van der Waals surface area contributed by atoms with E-state index in [0.717, 1.165) is 14.5 Å². The summed E-state index contributed by atoms with van der Waals surface area (Å²) in [4.78, 5) is 26.0. The number of hydrogen-bond donors (Lipinski definition) is 1. The van der Waals surface area contributed by atoms with Gasteiger partial charge in [-0.1, -0.05) is 46.3 Å². The molecule has 7 heteroatoms. The van der Waals surface area contributed by atoms with E-state index in [1.54, 1.807) is 17.9 Å². The maximum Gasteiger partial charge on any atom is 0.322 e. The smallest absolute Gasteiger partial charge is 0.322 e. The standard InChI is InChI=1S/C19H20Br2N2O3/c1-2-26-18(24)10-11-23(13-14-6-4-3-5-7-14)19(25)22-17-9-8-15(20)12-16(17)21/h3-9,12H,2,10-11,13H2,1H3,(H,22,25). The number of benzene rings is 2. The van der Waals surface area contributed by atoms with Gasteiger partial charge in [0.25, 0.3) is 0 Å². The summed E-state index contributed by atoms with van der Waals surface area (Å²) < 4.78 is 6.64. The molecule has 0 aliphatic heterocycles. The van der Waals surface area contributed by atoms with Gasteiger partial charge < -0.3 is 15.0 Å². The highest BCUT2D eigenvalue weighted by Gasteiger charge is 2.17. The molecular formula is C19H20Br2N2O3. The Hall–Kier alpha value is -1.86. The van der Waals surface area contributed by atoms with E-state index >= 15 is 0 Å². The van der Waals surface area contributed by atoms with Gasteiger partial charge in [0.15, 0.2) is 0 Å². The minimum atomic E-state index is -0.316. The zero-order valence-electron chi connectivity index (χ0n) is 14.4. The Bertz CT molecular complexity index is 754. The highest BCUT2D eigenvalue weighted by molar-refractivity contribution is 9.11. The van der Waals surface area contributed by atoms with Crippen LogP contribution in [0.1, 0.15) is 18.9 Å². The Labute approximate surface area is 170 Å². The van der Waals surface area contributed by atoms with Gasteiger partial charge in [0.1, 0.15) is 0 Å². The fourth-order valence-corrected chi connectivity index (χ4v) is 3.45. The number of nitrogens with one attached hydrogen (secondary N) is 1. The second-order valence-corrected chi connectivity index (χ2v) is 7.29. The molecule has 0 saturated carbocycles. The van der Waals surface area contributed by atoms with E-state index < -0.39 is 0 Å². The first-order valence-electron chi connectivity index (χ1n) is 8.20. The number of amides is 2. The molecule has 0 spiro atoms. The first-order chi connectivity index (χ1) is 12.5. The summed E-state index contributed by atoms with van der Waals surface area (Å²) in [7, 11) is 0. The third-order valence-electron chi connectivity index (χ3n) is 3.57. The normalized spacial score (nSPS) is 10.3. The van der Waals surface area contributed by atoms with Crippen LogP contribution >= 0.6 is 31.9 Å². The number of rotatable bonds is 7. The van der Waals surface area contributed by atoms with E-state index in [1.807, 2.05) is 42.5 Å². The fraction of sp³-hybridized carbons (Fsp3) is 0.263. The predicted molar refractivity (Wildman–Crippen MR) is 109 cm³/mol. The second kappa shape index (κ2) is 10.3. The van der Waals surface area contributed by atoms with Crippen LogP contribution in [0.4, 0.5) is 10.5 Å². The Morgan fingerprint density at radius 1 is 1.12 bits per heavy atom. The Morgan fingerprint density at radius 2 is 1.85 bits per heavy atom. The first kappa shape index (κ1) is 20.5. The summed E-state index contributed by atoms with van der Waals surface area (Å²) in [6.45, 7) is 2.76. The molecule has 138 valence electrons. The number of carbonyl (C=O) groups is 2. The first-order valence-corrected chi connectivity index (χ1v) is 9.78. The SMILES string of the molecule is CCOC(=O)CCN(Cc1ccccc1)C(=O)Nc1ccc(Br)cc1Br. The molecule has 0 radical (unpaired) electrons. The van der Waals surface area contributed by atoms with Crippen molar-refractivity contribution in [1.29, 1.82) is 0 Å². The van der Waals surface area contributed by atoms with Crippen LogP contribution in [0.25, 0.3) is 0 Å². The molecular weight excluding hydrogens is 464 g/mol. The van der Waals surface area contributed by atoms with Crippen LogP contribution in [0, 0.1) is 0 Å². The van der Waals surface area contributed by atoms with E-state index in [2.05, 4.69) is 37.2 Å². The number of urea groups is 1. The molecule has 0 fully saturated rings. The van der Waals surface area contributed by atoms with Crippen LogP contribution in [0.5, 0.6) is 0 Å². The molecule has 26 heavy (non-hydrogen) atoms. The van der Waals surface area contributed by atoms with Crippen molar-refractivity contribution in [3.63, 3.8) is 0 Å². The summed E-state index contributed by atoms with van der Waals surface area (Å²) in [6.07, 6.45) is 0.148. The zero-order chi connectivity index (χ0) is 18.9. The second-order valence-electron chi connectivity index (χ2n) is 5.52. The lowest BCUT2D eigenvalue weighted by molar-refractivity contribution is -0.143. The molecule has 2 aromatic rings. The largest absolute Gasteiger partial charge is 0.466 e. The van der Waals surface area contributed by atoms with Gasteiger partial charge in [0.05, 0.1) is 18.7 Å². The number of carbonyl (C=O) groups excluding carboxylic acids is 2. The van der Waals surface area contributed by atoms with Crippen molar-refractivity contribution in [2.75, 3.05) is 18.5 Å². The number of ether oxygens (including phenoxy) is 1. The molecule has 0 unspecified atom stereocenters. The van der Waals surface area contributed by atoms with E-state index in [1.165, 1.54) is 0 Å². The maximum absolute atomic E-state index is 12.8. The molecule has 0 aromatic heterocycles. The predicted octanol–water partition coefficient (Wildman–Crippen LogP) is 5.20. The van der Waals surface area contributed by atoms with Crippen LogP contribution < -0.4 is 5.32 Å². The minimum absolute atomic E-state index is 0.148. The van der Waals surface area contributed by atoms with Gasteiger partial charge in [0.2, 0.25) is 0 Å². The van der Waals surface area contributed by atoms with Gasteiger partial charge in [0, 0.05) is 22.0 Å². The van der Waals surface area contributed by atoms with Gasteiger partial charge in [-0.3, -0.25) is 4.79 Å². The van der Waals surface area contributed by atoms with Crippen molar-refractivity contribution >= 4 is 49.5 Å². The van der Waals surface area contributed by atoms with Crippen molar-refractivity contribution in [1.82, 2.24) is 4.90 Å². The molecule has 0 aliphatic rings. The van der Waals surface area contributed by atoms with Gasteiger partial charge in [-0.2, -0.15) is 0 Å². The molecule has 5 nitrogen and oxygen atoms in total. The third-order valence-corrected chi connectivity index (χ3v) is 4.72. The average Bonchev–Trinajstić information content (AvgIpc) is 2.62. The number of nitrogens with zero attached hydrogens (tertiary/aromatic N) is 1. The summed E-state index contributed by atoms with van der Waals surface area (Å²) in [6, 6.07) is 14.9. The van der Waals surface area contributed by atoms with E-state index in [4.69, 9.17) is 4.74 Å². The summed E-state index contributed by atoms with van der Waals surface area (Å²) in [5.74, 6) is -0.316. The fourth-order valence-electron chi connectivity index (χ4n) is 2.30. The van der Waals surface area contributed by atoms with Crippen molar-refractivity contribution in [2.45, 2.75) is 19.9 Å². The lowest BCUT2D eigenvalue weighted by Crippen LogP contribution is -2.36. The number of hydrogen-bond acceptors (Lipinski definition) is 3. The zero-order valence-corrected chi connectivity index (χ0v) is 17.5. The van der Waals surface area contributed by atoms with Gasteiger partial charge in [-0.05, 0) is 46.6 Å². The van der Waals surface area contributed by atoms with E-state index in [9.17, 15) is 9.59 Å². The molecule has 0 aliphatic carbocycles. The molecule has 2 rings (SSSR count). The molecule has 2 amide bonds. The molecule has 2 aromatic carbocycles. The topological polar surface area (TPSA) is 58.6 Å². The third kappa shape index (κ3) is 6.46. The maximum atomic E-state index is 12.8. The number of esters is 1. The average molecular weight is 484 g/mol. The number of halogens is 2. The highest BCUT2D eigenvalue weighted by Crippen LogP contribution is 2.26. The van der Waals surface area contributed by atoms with E-state index in [-0.39, 0.29) is 25.0 Å². The Morgan fingerprint density at radius 3 is 2.50 bits per heavy atom. The monoisotopic (exact) mass is 482 g/mol. The van der Waals surface area contributed by atoms with Gasteiger partial charge in [-0.25, -0.2) is 4.79 Å². The van der Waals surface area contributed by atoms with Crippen molar-refractivity contribution in [3.8, 4) is 0 Å². The van der Waals surface area contributed by atoms with Crippen LogP contribution in [0.3, 0.4) is 0 Å². The van der Waals surface area contributed by atoms with Gasteiger partial charge in [-0.15, -0.1) is 0 Å². The minimum Gasteiger partial charge on any atom is -0.466 e. The quantitative estimate of drug-likeness (QED) is 0.550.